The van der Waals surface area contributed by atoms with Crippen LogP contribution in [0.2, 0.25) is 5.02 Å². The summed E-state index contributed by atoms with van der Waals surface area (Å²) >= 11 is 5.80. The Balaban J connectivity index is 1.55. The fourth-order valence-electron chi connectivity index (χ4n) is 3.40. The maximum Gasteiger partial charge on any atom is 0.309 e. The standard InChI is InChI=1S/C22H25ClN2O5S/c1-2-30-22(27)18-11-13-25(14-12-18)21(26)17-5-3-16(4-6-17)15-24-31(28,29)20-9-7-19(23)8-10-20/h3-10,18,24H,2,11-15H2,1H3. The number of amides is 1. The fourth-order valence-corrected chi connectivity index (χ4v) is 4.55. The van der Waals surface area contributed by atoms with E-state index >= 15 is 0 Å². The summed E-state index contributed by atoms with van der Waals surface area (Å²) in [4.78, 5) is 26.4. The van der Waals surface area contributed by atoms with Crippen molar-refractivity contribution in [1.29, 1.82) is 0 Å². The molecule has 0 unspecified atom stereocenters. The topological polar surface area (TPSA) is 92.8 Å². The smallest absolute Gasteiger partial charge is 0.309 e. The van der Waals surface area contributed by atoms with Crippen LogP contribution in [0.25, 0.3) is 0 Å². The maximum atomic E-state index is 12.7. The Hall–Kier alpha value is -2.42. The SMILES string of the molecule is CCOC(=O)C1CCN(C(=O)c2ccc(CNS(=O)(=O)c3ccc(Cl)cc3)cc2)CC1. The molecule has 0 atom stereocenters. The highest BCUT2D eigenvalue weighted by Gasteiger charge is 2.28. The Bertz CT molecular complexity index is 1010. The molecular weight excluding hydrogens is 440 g/mol. The lowest BCUT2D eigenvalue weighted by molar-refractivity contribution is -0.149. The molecule has 2 aromatic rings. The molecule has 0 aliphatic carbocycles. The fraction of sp³-hybridized carbons (Fsp3) is 0.364. The number of benzene rings is 2. The van der Waals surface area contributed by atoms with Crippen LogP contribution in [-0.2, 0) is 26.1 Å². The number of esters is 1. The molecule has 1 aliphatic rings. The molecule has 9 heteroatoms. The summed E-state index contributed by atoms with van der Waals surface area (Å²) in [5.74, 6) is -0.448. The number of ether oxygens (including phenoxy) is 1. The van der Waals surface area contributed by atoms with Gasteiger partial charge in [-0.25, -0.2) is 13.1 Å². The summed E-state index contributed by atoms with van der Waals surface area (Å²) in [6.07, 6.45) is 1.18. The molecule has 166 valence electrons. The second-order valence-electron chi connectivity index (χ2n) is 7.29. The first-order chi connectivity index (χ1) is 14.8. The highest BCUT2D eigenvalue weighted by atomic mass is 35.5. The number of nitrogens with zero attached hydrogens (tertiary/aromatic N) is 1. The van der Waals surface area contributed by atoms with Crippen molar-refractivity contribution < 1.29 is 22.7 Å². The van der Waals surface area contributed by atoms with E-state index in [0.29, 0.717) is 43.1 Å². The van der Waals surface area contributed by atoms with Gasteiger partial charge in [-0.3, -0.25) is 9.59 Å². The largest absolute Gasteiger partial charge is 0.466 e. The zero-order chi connectivity index (χ0) is 22.4. The maximum absolute atomic E-state index is 12.7. The minimum Gasteiger partial charge on any atom is -0.466 e. The van der Waals surface area contributed by atoms with E-state index < -0.39 is 10.0 Å². The van der Waals surface area contributed by atoms with Crippen LogP contribution in [0.15, 0.2) is 53.4 Å². The van der Waals surface area contributed by atoms with Gasteiger partial charge in [0.25, 0.3) is 5.91 Å². The van der Waals surface area contributed by atoms with E-state index in [-0.39, 0.29) is 29.2 Å². The molecule has 1 saturated heterocycles. The van der Waals surface area contributed by atoms with Crippen LogP contribution >= 0.6 is 11.6 Å². The number of hydrogen-bond donors (Lipinski definition) is 1. The molecule has 0 radical (unpaired) electrons. The summed E-state index contributed by atoms with van der Waals surface area (Å²) < 4.78 is 32.3. The molecule has 3 rings (SSSR count). The van der Waals surface area contributed by atoms with Crippen LogP contribution in [0.3, 0.4) is 0 Å². The Labute approximate surface area is 187 Å². The Morgan fingerprint density at radius 3 is 2.26 bits per heavy atom. The number of nitrogens with one attached hydrogen (secondary N) is 1. The lowest BCUT2D eigenvalue weighted by atomic mass is 9.96. The predicted octanol–water partition coefficient (Wildman–Crippen LogP) is 3.23. The van der Waals surface area contributed by atoms with Crippen molar-refractivity contribution in [1.82, 2.24) is 9.62 Å². The Morgan fingerprint density at radius 1 is 1.06 bits per heavy atom. The number of hydrogen-bond acceptors (Lipinski definition) is 5. The zero-order valence-corrected chi connectivity index (χ0v) is 18.8. The first-order valence-corrected chi connectivity index (χ1v) is 12.0. The Kier molecular flexibility index (Phi) is 7.69. The van der Waals surface area contributed by atoms with Crippen LogP contribution in [-0.4, -0.2) is 44.9 Å². The third kappa shape index (κ3) is 6.06. The van der Waals surface area contributed by atoms with Crippen LogP contribution in [0.1, 0.15) is 35.7 Å². The van der Waals surface area contributed by atoms with E-state index in [1.54, 1.807) is 36.1 Å². The molecule has 7 nitrogen and oxygen atoms in total. The predicted molar refractivity (Wildman–Crippen MR) is 117 cm³/mol. The summed E-state index contributed by atoms with van der Waals surface area (Å²) in [5.41, 5.74) is 1.26. The summed E-state index contributed by atoms with van der Waals surface area (Å²) in [5, 5.41) is 0.462. The molecule has 0 saturated carbocycles. The van der Waals surface area contributed by atoms with Crippen LogP contribution in [0.4, 0.5) is 0 Å². The first-order valence-electron chi connectivity index (χ1n) is 10.1. The minimum absolute atomic E-state index is 0.101. The average Bonchev–Trinajstić information content (AvgIpc) is 2.78. The van der Waals surface area contributed by atoms with E-state index in [0.717, 1.165) is 5.56 Å². The number of sulfonamides is 1. The summed E-state index contributed by atoms with van der Waals surface area (Å²) in [6.45, 7) is 3.25. The molecule has 1 amide bonds. The van der Waals surface area contributed by atoms with Gasteiger partial charge in [-0.2, -0.15) is 0 Å². The molecule has 0 spiro atoms. The van der Waals surface area contributed by atoms with Crippen LogP contribution < -0.4 is 4.72 Å². The van der Waals surface area contributed by atoms with E-state index in [4.69, 9.17) is 16.3 Å². The second kappa shape index (κ2) is 10.3. The van der Waals surface area contributed by atoms with E-state index in [1.165, 1.54) is 24.3 Å². The van der Waals surface area contributed by atoms with Crippen molar-refractivity contribution in [2.45, 2.75) is 31.2 Å². The van der Waals surface area contributed by atoms with Gasteiger partial charge in [-0.15, -0.1) is 0 Å². The summed E-state index contributed by atoms with van der Waals surface area (Å²) in [6, 6.07) is 12.7. The lowest BCUT2D eigenvalue weighted by Crippen LogP contribution is -2.40. The van der Waals surface area contributed by atoms with Crippen molar-refractivity contribution >= 4 is 33.5 Å². The molecule has 2 aromatic carbocycles. The van der Waals surface area contributed by atoms with E-state index in [9.17, 15) is 18.0 Å². The monoisotopic (exact) mass is 464 g/mol. The first kappa shape index (κ1) is 23.2. The quantitative estimate of drug-likeness (QED) is 0.635. The minimum atomic E-state index is -3.66. The number of likely N-dealkylation sites (tertiary alicyclic amines) is 1. The molecule has 1 heterocycles. The molecule has 0 aromatic heterocycles. The highest BCUT2D eigenvalue weighted by Crippen LogP contribution is 2.21. The molecular formula is C22H25ClN2O5S. The van der Waals surface area contributed by atoms with Crippen molar-refractivity contribution in [3.05, 3.63) is 64.7 Å². The molecule has 1 N–H and O–H groups in total. The normalized spacial score (nSPS) is 15.0. The van der Waals surface area contributed by atoms with E-state index in [2.05, 4.69) is 4.72 Å². The lowest BCUT2D eigenvalue weighted by Gasteiger charge is -2.31. The average molecular weight is 465 g/mol. The number of carbonyl (C=O) groups excluding carboxylic acids is 2. The number of rotatable bonds is 7. The number of carbonyl (C=O) groups is 2. The van der Waals surface area contributed by atoms with Gasteiger partial charge in [0.2, 0.25) is 10.0 Å². The van der Waals surface area contributed by atoms with Crippen molar-refractivity contribution in [3.63, 3.8) is 0 Å². The third-order valence-corrected chi connectivity index (χ3v) is 6.86. The van der Waals surface area contributed by atoms with Gasteiger partial charge >= 0.3 is 5.97 Å². The highest BCUT2D eigenvalue weighted by molar-refractivity contribution is 7.89. The molecule has 31 heavy (non-hydrogen) atoms. The van der Waals surface area contributed by atoms with Crippen LogP contribution in [0, 0.1) is 5.92 Å². The zero-order valence-electron chi connectivity index (χ0n) is 17.2. The second-order valence-corrected chi connectivity index (χ2v) is 9.50. The van der Waals surface area contributed by atoms with Crippen molar-refractivity contribution in [2.24, 2.45) is 5.92 Å². The van der Waals surface area contributed by atoms with Gasteiger partial charge in [0.1, 0.15) is 0 Å². The van der Waals surface area contributed by atoms with Gasteiger partial charge in [0, 0.05) is 30.2 Å². The van der Waals surface area contributed by atoms with Crippen LogP contribution in [0.5, 0.6) is 0 Å². The van der Waals surface area contributed by atoms with Crippen molar-refractivity contribution in [3.8, 4) is 0 Å². The van der Waals surface area contributed by atoms with Gasteiger partial charge in [-0.05, 0) is 61.7 Å². The van der Waals surface area contributed by atoms with Crippen molar-refractivity contribution in [2.75, 3.05) is 19.7 Å². The molecule has 1 aliphatic heterocycles. The van der Waals surface area contributed by atoms with Gasteiger partial charge in [-0.1, -0.05) is 23.7 Å². The van der Waals surface area contributed by atoms with Gasteiger partial charge in [0.05, 0.1) is 17.4 Å². The number of piperidine rings is 1. The van der Waals surface area contributed by atoms with E-state index in [1.807, 2.05) is 0 Å². The molecule has 0 bridgehead atoms. The van der Waals surface area contributed by atoms with Gasteiger partial charge < -0.3 is 9.64 Å². The summed E-state index contributed by atoms with van der Waals surface area (Å²) in [7, 11) is -3.66. The van der Waals surface area contributed by atoms with Gasteiger partial charge in [0.15, 0.2) is 0 Å². The Morgan fingerprint density at radius 2 is 1.68 bits per heavy atom. The number of halogens is 1. The molecule has 1 fully saturated rings. The third-order valence-electron chi connectivity index (χ3n) is 5.19.